The van der Waals surface area contributed by atoms with E-state index in [1.807, 2.05) is 18.2 Å². The van der Waals surface area contributed by atoms with Gasteiger partial charge in [0.2, 0.25) is 0 Å². The number of anilines is 1. The number of H-pyrrole nitrogens is 1. The molecule has 2 N–H and O–H groups in total. The summed E-state index contributed by atoms with van der Waals surface area (Å²) in [6.07, 6.45) is 1.53. The summed E-state index contributed by atoms with van der Waals surface area (Å²) in [7, 11) is -3.90. The van der Waals surface area contributed by atoms with Crippen LogP contribution >= 0.6 is 11.6 Å². The van der Waals surface area contributed by atoms with Gasteiger partial charge in [0.05, 0.1) is 26.8 Å². The number of rotatable bonds is 3. The molecule has 1 aliphatic heterocycles. The van der Waals surface area contributed by atoms with Crippen molar-refractivity contribution in [3.05, 3.63) is 93.3 Å². The second kappa shape index (κ2) is 7.65. The number of para-hydroxylation sites is 2. The normalized spacial score (nSPS) is 13.8. The predicted molar refractivity (Wildman–Crippen MR) is 124 cm³/mol. The number of nitrogens with one attached hydrogen (secondary N) is 2. The average Bonchev–Trinajstić information content (AvgIpc) is 2.79. The minimum absolute atomic E-state index is 0.00746. The fourth-order valence-corrected chi connectivity index (χ4v) is 5.89. The SMILES string of the molecule is N=c1c2ccccc2[nH]c(=O)n1-c1cc(S(=O)(=O)N2CCCc3ccccc32)ccc1Cl. The molecule has 32 heavy (non-hydrogen) atoms. The molecule has 0 atom stereocenters. The summed E-state index contributed by atoms with van der Waals surface area (Å²) in [6, 6.07) is 18.6. The average molecular weight is 467 g/mol. The van der Waals surface area contributed by atoms with E-state index >= 15 is 0 Å². The fraction of sp³-hybridized carbons (Fsp3) is 0.130. The van der Waals surface area contributed by atoms with Crippen molar-refractivity contribution in [3.63, 3.8) is 0 Å². The highest BCUT2D eigenvalue weighted by Crippen LogP contribution is 2.33. The molecule has 7 nitrogen and oxygen atoms in total. The van der Waals surface area contributed by atoms with Gasteiger partial charge in [-0.25, -0.2) is 17.8 Å². The Hall–Kier alpha value is -3.36. The number of aromatic nitrogens is 2. The number of benzene rings is 3. The molecule has 4 aromatic rings. The van der Waals surface area contributed by atoms with Crippen LogP contribution in [0.5, 0.6) is 0 Å². The second-order valence-corrected chi connectivity index (χ2v) is 9.85. The molecule has 0 unspecified atom stereocenters. The summed E-state index contributed by atoms with van der Waals surface area (Å²) < 4.78 is 29.6. The van der Waals surface area contributed by atoms with Crippen molar-refractivity contribution < 1.29 is 8.42 Å². The highest BCUT2D eigenvalue weighted by atomic mass is 35.5. The molecule has 0 radical (unpaired) electrons. The summed E-state index contributed by atoms with van der Waals surface area (Å²) in [5.74, 6) is 0. The molecule has 0 aliphatic carbocycles. The summed E-state index contributed by atoms with van der Waals surface area (Å²) in [6.45, 7) is 0.366. The van der Waals surface area contributed by atoms with Crippen LogP contribution in [0.2, 0.25) is 5.02 Å². The third-order valence-corrected chi connectivity index (χ3v) is 7.79. The van der Waals surface area contributed by atoms with Crippen molar-refractivity contribution in [2.45, 2.75) is 17.7 Å². The van der Waals surface area contributed by atoms with Gasteiger partial charge in [0.15, 0.2) is 0 Å². The number of sulfonamides is 1. The Morgan fingerprint density at radius 1 is 0.969 bits per heavy atom. The monoisotopic (exact) mass is 466 g/mol. The standard InChI is InChI=1S/C23H19ClN4O3S/c24-18-12-11-16(32(30,31)27-13-5-7-15-6-1-4-10-20(15)27)14-21(18)28-22(25)17-8-2-3-9-19(17)26-23(28)29/h1-4,6,8-12,14,25H,5,7,13H2,(H,26,29). The maximum absolute atomic E-state index is 13.6. The summed E-state index contributed by atoms with van der Waals surface area (Å²) in [5, 5.41) is 9.24. The van der Waals surface area contributed by atoms with Gasteiger partial charge in [-0.15, -0.1) is 0 Å². The molecular formula is C23H19ClN4O3S. The van der Waals surface area contributed by atoms with Gasteiger partial charge in [-0.2, -0.15) is 0 Å². The van der Waals surface area contributed by atoms with Crippen LogP contribution in [0.3, 0.4) is 0 Å². The number of aromatic amines is 1. The van der Waals surface area contributed by atoms with E-state index in [0.717, 1.165) is 16.6 Å². The van der Waals surface area contributed by atoms with Gasteiger partial charge < -0.3 is 4.98 Å². The molecule has 0 bridgehead atoms. The Balaban J connectivity index is 1.69. The van der Waals surface area contributed by atoms with E-state index in [1.165, 1.54) is 22.5 Å². The van der Waals surface area contributed by atoms with E-state index in [-0.39, 0.29) is 21.1 Å². The summed E-state index contributed by atoms with van der Waals surface area (Å²) in [4.78, 5) is 15.5. The maximum Gasteiger partial charge on any atom is 0.332 e. The molecule has 1 aromatic heterocycles. The number of aryl methyl sites for hydroxylation is 1. The van der Waals surface area contributed by atoms with Gasteiger partial charge in [-0.05, 0) is 54.8 Å². The third-order valence-electron chi connectivity index (χ3n) is 5.66. The van der Waals surface area contributed by atoms with Crippen LogP contribution in [0, 0.1) is 5.41 Å². The topological polar surface area (TPSA) is 99.0 Å². The Morgan fingerprint density at radius 2 is 1.72 bits per heavy atom. The summed E-state index contributed by atoms with van der Waals surface area (Å²) >= 11 is 6.38. The molecular weight excluding hydrogens is 448 g/mol. The molecule has 0 amide bonds. The lowest BCUT2D eigenvalue weighted by Crippen LogP contribution is -2.36. The van der Waals surface area contributed by atoms with Gasteiger partial charge in [0, 0.05) is 11.9 Å². The number of nitrogens with zero attached hydrogens (tertiary/aromatic N) is 2. The van der Waals surface area contributed by atoms with E-state index in [4.69, 9.17) is 17.0 Å². The number of hydrogen-bond donors (Lipinski definition) is 2. The second-order valence-electron chi connectivity index (χ2n) is 7.58. The molecule has 162 valence electrons. The zero-order chi connectivity index (χ0) is 22.5. The van der Waals surface area contributed by atoms with Crippen molar-refractivity contribution in [1.29, 1.82) is 5.41 Å². The zero-order valence-corrected chi connectivity index (χ0v) is 18.4. The lowest BCUT2D eigenvalue weighted by molar-refractivity contribution is 0.586. The number of hydrogen-bond acceptors (Lipinski definition) is 4. The first-order valence-electron chi connectivity index (χ1n) is 10.1. The Kier molecular flexibility index (Phi) is 4.91. The highest BCUT2D eigenvalue weighted by Gasteiger charge is 2.29. The first-order valence-corrected chi connectivity index (χ1v) is 11.9. The van der Waals surface area contributed by atoms with Gasteiger partial charge in [0.25, 0.3) is 10.0 Å². The summed E-state index contributed by atoms with van der Waals surface area (Å²) in [5.41, 5.74) is 1.63. The Labute approximate surface area is 189 Å². The van der Waals surface area contributed by atoms with Crippen LogP contribution in [0.1, 0.15) is 12.0 Å². The minimum atomic E-state index is -3.90. The molecule has 1 aliphatic rings. The van der Waals surface area contributed by atoms with E-state index < -0.39 is 15.7 Å². The number of halogens is 1. The van der Waals surface area contributed by atoms with E-state index in [1.54, 1.807) is 30.3 Å². The number of fused-ring (bicyclic) bond motifs is 2. The van der Waals surface area contributed by atoms with Crippen LogP contribution in [0.15, 0.2) is 76.4 Å². The zero-order valence-electron chi connectivity index (χ0n) is 16.9. The van der Waals surface area contributed by atoms with Crippen LogP contribution in [0.4, 0.5) is 5.69 Å². The van der Waals surface area contributed by atoms with Gasteiger partial charge in [-0.1, -0.05) is 41.9 Å². The molecule has 9 heteroatoms. The molecule has 0 fully saturated rings. The van der Waals surface area contributed by atoms with Gasteiger partial charge in [0.1, 0.15) is 5.49 Å². The van der Waals surface area contributed by atoms with Gasteiger partial charge in [-0.3, -0.25) is 9.71 Å². The molecule has 0 saturated heterocycles. The van der Waals surface area contributed by atoms with Crippen molar-refractivity contribution in [2.75, 3.05) is 10.8 Å². The Bertz CT molecular complexity index is 1590. The van der Waals surface area contributed by atoms with Crippen LogP contribution in [-0.2, 0) is 16.4 Å². The fourth-order valence-electron chi connectivity index (χ4n) is 4.12. The highest BCUT2D eigenvalue weighted by molar-refractivity contribution is 7.92. The molecule has 3 aromatic carbocycles. The lowest BCUT2D eigenvalue weighted by Gasteiger charge is -2.30. The van der Waals surface area contributed by atoms with Gasteiger partial charge >= 0.3 is 5.69 Å². The smallest absolute Gasteiger partial charge is 0.306 e. The molecule has 5 rings (SSSR count). The largest absolute Gasteiger partial charge is 0.332 e. The van der Waals surface area contributed by atoms with E-state index in [2.05, 4.69) is 4.98 Å². The Morgan fingerprint density at radius 3 is 2.56 bits per heavy atom. The van der Waals surface area contributed by atoms with Crippen LogP contribution < -0.4 is 15.5 Å². The van der Waals surface area contributed by atoms with Crippen LogP contribution in [-0.4, -0.2) is 24.5 Å². The van der Waals surface area contributed by atoms with Crippen LogP contribution in [0.25, 0.3) is 16.6 Å². The van der Waals surface area contributed by atoms with Crippen molar-refractivity contribution in [1.82, 2.24) is 9.55 Å². The first-order chi connectivity index (χ1) is 15.4. The van der Waals surface area contributed by atoms with Crippen molar-refractivity contribution >= 4 is 38.2 Å². The molecule has 0 saturated carbocycles. The lowest BCUT2D eigenvalue weighted by atomic mass is 10.0. The maximum atomic E-state index is 13.6. The minimum Gasteiger partial charge on any atom is -0.306 e. The quantitative estimate of drug-likeness (QED) is 0.482. The van der Waals surface area contributed by atoms with E-state index in [0.29, 0.717) is 29.6 Å². The first kappa shape index (κ1) is 20.5. The van der Waals surface area contributed by atoms with Crippen molar-refractivity contribution in [3.8, 4) is 5.69 Å². The third kappa shape index (κ3) is 3.23. The molecule has 2 heterocycles. The van der Waals surface area contributed by atoms with E-state index in [9.17, 15) is 13.2 Å². The van der Waals surface area contributed by atoms with Crippen molar-refractivity contribution in [2.24, 2.45) is 0 Å². The molecule has 0 spiro atoms. The predicted octanol–water partition coefficient (Wildman–Crippen LogP) is 3.59.